The molecule has 10 heteroatoms. The summed E-state index contributed by atoms with van der Waals surface area (Å²) in [6, 6.07) is 3.78. The van der Waals surface area contributed by atoms with Crippen molar-refractivity contribution in [3.63, 3.8) is 0 Å². The van der Waals surface area contributed by atoms with Crippen molar-refractivity contribution in [1.82, 2.24) is 10.3 Å². The van der Waals surface area contributed by atoms with Gasteiger partial charge in [0.2, 0.25) is 0 Å². The monoisotopic (exact) mass is 339 g/mol. The van der Waals surface area contributed by atoms with Crippen LogP contribution in [-0.4, -0.2) is 33.6 Å². The lowest BCUT2D eigenvalue weighted by molar-refractivity contribution is -0.137. The van der Waals surface area contributed by atoms with Gasteiger partial charge in [0.1, 0.15) is 18.3 Å². The number of hydrogen-bond acceptors (Lipinski definition) is 5. The van der Waals surface area contributed by atoms with E-state index in [0.717, 1.165) is 6.07 Å². The average Bonchev–Trinajstić information content (AvgIpc) is 2.51. The van der Waals surface area contributed by atoms with Crippen LogP contribution in [0.15, 0.2) is 18.2 Å². The van der Waals surface area contributed by atoms with Crippen LogP contribution in [0.2, 0.25) is 0 Å². The van der Waals surface area contributed by atoms with Gasteiger partial charge in [-0.15, -0.1) is 0 Å². The number of pyridine rings is 1. The molecular weight excluding hydrogens is 331 g/mol. The predicted molar refractivity (Wildman–Crippen MR) is 73.1 cm³/mol. The largest absolute Gasteiger partial charge is 0.505 e. The molecule has 0 unspecified atom stereocenters. The predicted octanol–water partition coefficient (Wildman–Crippen LogP) is 1.65. The minimum atomic E-state index is -4.66. The molecular formula is C14H8F3N3O4. The Labute approximate surface area is 132 Å². The number of carboxylic acid groups (broad SMARTS) is 1. The number of nitrogens with zero attached hydrogens (tertiary/aromatic N) is 2. The number of benzene rings is 1. The molecule has 7 nitrogen and oxygen atoms in total. The van der Waals surface area contributed by atoms with Crippen molar-refractivity contribution in [1.29, 1.82) is 5.26 Å². The number of nitrogens with one attached hydrogen (secondary N) is 1. The van der Waals surface area contributed by atoms with Gasteiger partial charge in [0, 0.05) is 10.8 Å². The number of aromatic nitrogens is 1. The fraction of sp³-hybridized carbons (Fsp3) is 0.143. The fourth-order valence-corrected chi connectivity index (χ4v) is 1.96. The minimum absolute atomic E-state index is 0.185. The first-order valence-corrected chi connectivity index (χ1v) is 6.29. The molecule has 24 heavy (non-hydrogen) atoms. The van der Waals surface area contributed by atoms with E-state index >= 15 is 0 Å². The fourth-order valence-electron chi connectivity index (χ4n) is 1.96. The molecule has 0 aliphatic heterocycles. The Balaban J connectivity index is 2.62. The Kier molecular flexibility index (Phi) is 4.28. The highest BCUT2D eigenvalue weighted by Gasteiger charge is 2.31. The zero-order valence-corrected chi connectivity index (χ0v) is 11.7. The second kappa shape index (κ2) is 6.04. The Morgan fingerprint density at radius 3 is 2.50 bits per heavy atom. The molecule has 0 atom stereocenters. The van der Waals surface area contributed by atoms with E-state index in [-0.39, 0.29) is 10.8 Å². The summed E-state index contributed by atoms with van der Waals surface area (Å²) >= 11 is 0. The van der Waals surface area contributed by atoms with Crippen LogP contribution < -0.4 is 5.32 Å². The number of carbonyl (C=O) groups is 2. The maximum atomic E-state index is 12.8. The van der Waals surface area contributed by atoms with E-state index < -0.39 is 47.3 Å². The van der Waals surface area contributed by atoms with E-state index in [9.17, 15) is 27.9 Å². The second-order valence-electron chi connectivity index (χ2n) is 4.60. The molecule has 0 spiro atoms. The van der Waals surface area contributed by atoms with Gasteiger partial charge in [-0.2, -0.15) is 18.4 Å². The van der Waals surface area contributed by atoms with Gasteiger partial charge in [-0.1, -0.05) is 0 Å². The van der Waals surface area contributed by atoms with Gasteiger partial charge in [-0.3, -0.25) is 9.59 Å². The molecule has 1 heterocycles. The zero-order valence-electron chi connectivity index (χ0n) is 11.7. The molecule has 1 aromatic carbocycles. The van der Waals surface area contributed by atoms with Gasteiger partial charge in [-0.25, -0.2) is 4.98 Å². The number of fused-ring (bicyclic) bond motifs is 1. The molecule has 3 N–H and O–H groups in total. The molecule has 0 bridgehead atoms. The quantitative estimate of drug-likeness (QED) is 0.781. The molecule has 124 valence electrons. The van der Waals surface area contributed by atoms with E-state index in [1.807, 2.05) is 5.32 Å². The van der Waals surface area contributed by atoms with Gasteiger partial charge in [0.25, 0.3) is 5.91 Å². The first-order valence-electron chi connectivity index (χ1n) is 6.29. The van der Waals surface area contributed by atoms with Crippen LogP contribution in [0.5, 0.6) is 5.75 Å². The Morgan fingerprint density at radius 2 is 1.96 bits per heavy atom. The number of hydrogen-bond donors (Lipinski definition) is 3. The Morgan fingerprint density at radius 1 is 1.29 bits per heavy atom. The van der Waals surface area contributed by atoms with Crippen LogP contribution in [0.4, 0.5) is 13.2 Å². The van der Waals surface area contributed by atoms with Crippen molar-refractivity contribution >= 4 is 22.6 Å². The van der Waals surface area contributed by atoms with E-state index in [1.54, 1.807) is 6.07 Å². The van der Waals surface area contributed by atoms with Gasteiger partial charge < -0.3 is 15.5 Å². The highest BCUT2D eigenvalue weighted by molar-refractivity contribution is 6.03. The number of aromatic hydroxyl groups is 1. The lowest BCUT2D eigenvalue weighted by atomic mass is 10.0. The maximum Gasteiger partial charge on any atom is 0.416 e. The third-order valence-electron chi connectivity index (χ3n) is 3.03. The summed E-state index contributed by atoms with van der Waals surface area (Å²) in [5.41, 5.74) is -2.20. The Hall–Kier alpha value is -3.35. The number of carboxylic acids is 1. The summed E-state index contributed by atoms with van der Waals surface area (Å²) in [5, 5.41) is 29.1. The first kappa shape index (κ1) is 17.0. The summed E-state index contributed by atoms with van der Waals surface area (Å²) in [7, 11) is 0. The SMILES string of the molecule is N#Cc1nc(C(=O)NCC(=O)O)c(O)c2ccc(C(F)(F)F)cc12. The topological polar surface area (TPSA) is 123 Å². The standard InChI is InChI=1S/C14H8F3N3O4/c15-14(16,17)6-1-2-7-8(3-6)9(4-18)20-11(12(7)23)13(24)19-5-10(21)22/h1-3,23H,5H2,(H,19,24)(H,21,22). The summed E-state index contributed by atoms with van der Waals surface area (Å²) < 4.78 is 38.3. The first-order chi connectivity index (χ1) is 11.1. The van der Waals surface area contributed by atoms with Crippen LogP contribution >= 0.6 is 0 Å². The number of halogens is 3. The molecule has 0 radical (unpaired) electrons. The molecule has 2 aromatic rings. The van der Waals surface area contributed by atoms with Crippen molar-refractivity contribution in [2.45, 2.75) is 6.18 Å². The average molecular weight is 339 g/mol. The van der Waals surface area contributed by atoms with Crippen LogP contribution in [0.25, 0.3) is 10.8 Å². The molecule has 0 saturated heterocycles. The van der Waals surface area contributed by atoms with Crippen molar-refractivity contribution in [3.8, 4) is 11.8 Å². The summed E-state index contributed by atoms with van der Waals surface area (Å²) in [4.78, 5) is 25.8. The van der Waals surface area contributed by atoms with Gasteiger partial charge >= 0.3 is 12.1 Å². The molecule has 0 fully saturated rings. The number of nitriles is 1. The van der Waals surface area contributed by atoms with Gasteiger partial charge in [-0.05, 0) is 18.2 Å². The van der Waals surface area contributed by atoms with E-state index in [1.165, 1.54) is 0 Å². The van der Waals surface area contributed by atoms with Crippen LogP contribution in [0, 0.1) is 11.3 Å². The molecule has 0 aliphatic rings. The molecule has 1 amide bonds. The second-order valence-corrected chi connectivity index (χ2v) is 4.60. The molecule has 0 aliphatic carbocycles. The smallest absolute Gasteiger partial charge is 0.416 e. The lowest BCUT2D eigenvalue weighted by Crippen LogP contribution is -2.30. The maximum absolute atomic E-state index is 12.8. The van der Waals surface area contributed by atoms with Crippen LogP contribution in [-0.2, 0) is 11.0 Å². The van der Waals surface area contributed by atoms with Crippen molar-refractivity contribution < 1.29 is 33.0 Å². The summed E-state index contributed by atoms with van der Waals surface area (Å²) in [6.07, 6.45) is -4.66. The van der Waals surface area contributed by atoms with E-state index in [4.69, 9.17) is 10.4 Å². The number of rotatable bonds is 3. The highest BCUT2D eigenvalue weighted by atomic mass is 19.4. The number of carbonyl (C=O) groups excluding carboxylic acids is 1. The molecule has 1 aromatic heterocycles. The molecule has 2 rings (SSSR count). The van der Waals surface area contributed by atoms with Crippen LogP contribution in [0.1, 0.15) is 21.7 Å². The number of amides is 1. The summed E-state index contributed by atoms with van der Waals surface area (Å²) in [6.45, 7) is -0.757. The van der Waals surface area contributed by atoms with E-state index in [0.29, 0.717) is 12.1 Å². The van der Waals surface area contributed by atoms with Crippen molar-refractivity contribution in [2.24, 2.45) is 0 Å². The third-order valence-corrected chi connectivity index (χ3v) is 3.03. The van der Waals surface area contributed by atoms with Crippen molar-refractivity contribution in [2.75, 3.05) is 6.54 Å². The zero-order chi connectivity index (χ0) is 18.1. The highest BCUT2D eigenvalue weighted by Crippen LogP contribution is 2.35. The third kappa shape index (κ3) is 3.19. The van der Waals surface area contributed by atoms with Crippen LogP contribution in [0.3, 0.4) is 0 Å². The summed E-state index contributed by atoms with van der Waals surface area (Å²) in [5.74, 6) is -3.17. The van der Waals surface area contributed by atoms with Gasteiger partial charge in [0.15, 0.2) is 11.4 Å². The number of alkyl halides is 3. The van der Waals surface area contributed by atoms with Crippen molar-refractivity contribution in [3.05, 3.63) is 35.2 Å². The van der Waals surface area contributed by atoms with E-state index in [2.05, 4.69) is 4.98 Å². The molecule has 0 saturated carbocycles. The number of aliphatic carboxylic acids is 1. The normalized spacial score (nSPS) is 11.1. The Bertz CT molecular complexity index is 887. The van der Waals surface area contributed by atoms with Gasteiger partial charge in [0.05, 0.1) is 5.56 Å². The minimum Gasteiger partial charge on any atom is -0.505 e. The lowest BCUT2D eigenvalue weighted by Gasteiger charge is -2.11.